The summed E-state index contributed by atoms with van der Waals surface area (Å²) in [4.78, 5) is 18.8. The summed E-state index contributed by atoms with van der Waals surface area (Å²) in [5, 5.41) is 8.40. The molecule has 0 spiro atoms. The topological polar surface area (TPSA) is 75.0 Å². The third kappa shape index (κ3) is 2.72. The molecule has 1 aliphatic heterocycles. The lowest BCUT2D eigenvalue weighted by Gasteiger charge is -2.14. The van der Waals surface area contributed by atoms with Gasteiger partial charge in [-0.3, -0.25) is 9.89 Å². The van der Waals surface area contributed by atoms with Gasteiger partial charge in [0.25, 0.3) is 5.91 Å². The molecule has 4 rings (SSSR count). The van der Waals surface area contributed by atoms with Crippen LogP contribution in [-0.2, 0) is 5.75 Å². The van der Waals surface area contributed by atoms with E-state index >= 15 is 0 Å². The molecule has 1 amide bonds. The van der Waals surface area contributed by atoms with E-state index in [1.165, 1.54) is 18.1 Å². The third-order valence-electron chi connectivity index (χ3n) is 4.03. The van der Waals surface area contributed by atoms with E-state index < -0.39 is 0 Å². The second kappa shape index (κ2) is 6.08. The van der Waals surface area contributed by atoms with Crippen LogP contribution in [0.15, 0.2) is 40.2 Å². The highest BCUT2D eigenvalue weighted by molar-refractivity contribution is 7.98. The van der Waals surface area contributed by atoms with E-state index in [1.807, 2.05) is 29.2 Å². The summed E-state index contributed by atoms with van der Waals surface area (Å²) in [6, 6.07) is 7.78. The van der Waals surface area contributed by atoms with Crippen LogP contribution in [0, 0.1) is 0 Å². The molecule has 118 valence electrons. The van der Waals surface area contributed by atoms with Gasteiger partial charge in [0.1, 0.15) is 11.9 Å². The van der Waals surface area contributed by atoms with Crippen LogP contribution in [0.4, 0.5) is 0 Å². The number of nitrogens with one attached hydrogen (secondary N) is 1. The van der Waals surface area contributed by atoms with Crippen molar-refractivity contribution in [1.82, 2.24) is 20.1 Å². The Morgan fingerprint density at radius 2 is 2.13 bits per heavy atom. The summed E-state index contributed by atoms with van der Waals surface area (Å²) in [6.07, 6.45) is 3.61. The first-order valence-electron chi connectivity index (χ1n) is 7.61. The van der Waals surface area contributed by atoms with E-state index in [0.717, 1.165) is 47.6 Å². The number of thioether (sulfide) groups is 1. The molecule has 1 fully saturated rings. The van der Waals surface area contributed by atoms with Crippen molar-refractivity contribution in [2.75, 3.05) is 13.1 Å². The summed E-state index contributed by atoms with van der Waals surface area (Å²) in [5.74, 6) is 1.06. The molecule has 0 aliphatic carbocycles. The maximum atomic E-state index is 12.8. The molecule has 7 heteroatoms. The summed E-state index contributed by atoms with van der Waals surface area (Å²) >= 11 is 1.51. The van der Waals surface area contributed by atoms with Crippen molar-refractivity contribution in [2.45, 2.75) is 23.8 Å². The minimum absolute atomic E-state index is 0.00753. The fraction of sp³-hybridized carbons (Fsp3) is 0.312. The number of hydrogen-bond donors (Lipinski definition) is 1. The van der Waals surface area contributed by atoms with Gasteiger partial charge in [-0.05, 0) is 18.9 Å². The molecular weight excluding hydrogens is 312 g/mol. The van der Waals surface area contributed by atoms with Crippen LogP contribution in [0.5, 0.6) is 0 Å². The minimum Gasteiger partial charge on any atom is -0.451 e. The van der Waals surface area contributed by atoms with Gasteiger partial charge in [-0.25, -0.2) is 4.98 Å². The van der Waals surface area contributed by atoms with Crippen molar-refractivity contribution < 1.29 is 9.21 Å². The Bertz CT molecular complexity index is 822. The Morgan fingerprint density at radius 3 is 2.91 bits per heavy atom. The summed E-state index contributed by atoms with van der Waals surface area (Å²) < 4.78 is 5.89. The lowest BCUT2D eigenvalue weighted by Crippen LogP contribution is -2.27. The van der Waals surface area contributed by atoms with Crippen molar-refractivity contribution >= 4 is 28.6 Å². The smallest absolute Gasteiger partial charge is 0.289 e. The minimum atomic E-state index is -0.00753. The number of likely N-dealkylation sites (tertiary alicyclic amines) is 1. The SMILES string of the molecule is O=C(c1oc2ccccc2c1CSc1ncn[nH]1)N1CCCC1. The molecule has 1 aliphatic rings. The highest BCUT2D eigenvalue weighted by Crippen LogP contribution is 2.32. The zero-order valence-corrected chi connectivity index (χ0v) is 13.3. The molecular formula is C16H16N4O2S. The number of fused-ring (bicyclic) bond motifs is 1. The van der Waals surface area contributed by atoms with Gasteiger partial charge in [0, 0.05) is 29.8 Å². The highest BCUT2D eigenvalue weighted by atomic mass is 32.2. The Morgan fingerprint density at radius 1 is 1.30 bits per heavy atom. The van der Waals surface area contributed by atoms with Gasteiger partial charge in [-0.2, -0.15) is 5.10 Å². The van der Waals surface area contributed by atoms with Crippen LogP contribution < -0.4 is 0 Å². The lowest BCUT2D eigenvalue weighted by atomic mass is 10.1. The number of amides is 1. The second-order valence-electron chi connectivity index (χ2n) is 5.48. The van der Waals surface area contributed by atoms with Crippen molar-refractivity contribution in [1.29, 1.82) is 0 Å². The van der Waals surface area contributed by atoms with Crippen molar-refractivity contribution in [3.63, 3.8) is 0 Å². The fourth-order valence-corrected chi connectivity index (χ4v) is 3.69. The van der Waals surface area contributed by atoms with Crippen LogP contribution in [0.1, 0.15) is 29.0 Å². The van der Waals surface area contributed by atoms with Crippen LogP contribution in [0.25, 0.3) is 11.0 Å². The van der Waals surface area contributed by atoms with E-state index in [9.17, 15) is 4.79 Å². The predicted octanol–water partition coefficient (Wildman–Crippen LogP) is 3.08. The maximum Gasteiger partial charge on any atom is 0.289 e. The van der Waals surface area contributed by atoms with Gasteiger partial charge in [0.2, 0.25) is 0 Å². The molecule has 0 atom stereocenters. The van der Waals surface area contributed by atoms with Crippen molar-refractivity contribution in [3.8, 4) is 0 Å². The molecule has 1 saturated heterocycles. The normalized spacial score (nSPS) is 14.7. The summed E-state index contributed by atoms with van der Waals surface area (Å²) in [7, 11) is 0. The molecule has 2 aromatic heterocycles. The molecule has 1 aromatic carbocycles. The van der Waals surface area contributed by atoms with Gasteiger partial charge in [0.05, 0.1) is 0 Å². The van der Waals surface area contributed by atoms with E-state index in [0.29, 0.717) is 11.5 Å². The van der Waals surface area contributed by atoms with Gasteiger partial charge in [-0.15, -0.1) is 0 Å². The van der Waals surface area contributed by atoms with Gasteiger partial charge < -0.3 is 9.32 Å². The largest absolute Gasteiger partial charge is 0.451 e. The molecule has 0 radical (unpaired) electrons. The van der Waals surface area contributed by atoms with E-state index in [-0.39, 0.29) is 5.91 Å². The number of benzene rings is 1. The third-order valence-corrected chi connectivity index (χ3v) is 4.94. The lowest BCUT2D eigenvalue weighted by molar-refractivity contribution is 0.0762. The number of nitrogens with zero attached hydrogens (tertiary/aromatic N) is 3. The van der Waals surface area contributed by atoms with Crippen LogP contribution in [0.3, 0.4) is 0 Å². The average molecular weight is 328 g/mol. The number of rotatable bonds is 4. The van der Waals surface area contributed by atoms with Gasteiger partial charge in [0.15, 0.2) is 10.9 Å². The number of aromatic nitrogens is 3. The molecule has 6 nitrogen and oxygen atoms in total. The standard InChI is InChI=1S/C16H16N4O2S/c21-15(20-7-3-4-8-20)14-12(9-23-16-17-10-18-19-16)11-5-1-2-6-13(11)22-14/h1-2,5-6,10H,3-4,7-9H2,(H,17,18,19). The Hall–Kier alpha value is -2.28. The van der Waals surface area contributed by atoms with Gasteiger partial charge >= 0.3 is 0 Å². The molecule has 1 N–H and O–H groups in total. The average Bonchev–Trinajstić information content (AvgIpc) is 3.31. The highest BCUT2D eigenvalue weighted by Gasteiger charge is 2.27. The van der Waals surface area contributed by atoms with E-state index in [1.54, 1.807) is 0 Å². The van der Waals surface area contributed by atoms with Crippen molar-refractivity contribution in [3.05, 3.63) is 41.9 Å². The number of furan rings is 1. The van der Waals surface area contributed by atoms with E-state index in [2.05, 4.69) is 15.2 Å². The summed E-state index contributed by atoms with van der Waals surface area (Å²) in [5.41, 5.74) is 1.68. The first-order chi connectivity index (χ1) is 11.3. The first-order valence-corrected chi connectivity index (χ1v) is 8.59. The van der Waals surface area contributed by atoms with Gasteiger partial charge in [-0.1, -0.05) is 30.0 Å². The molecule has 0 unspecified atom stereocenters. The van der Waals surface area contributed by atoms with Crippen LogP contribution >= 0.6 is 11.8 Å². The second-order valence-corrected chi connectivity index (χ2v) is 6.45. The molecule has 3 aromatic rings. The zero-order chi connectivity index (χ0) is 15.6. The van der Waals surface area contributed by atoms with Crippen LogP contribution in [-0.4, -0.2) is 39.1 Å². The molecule has 0 bridgehead atoms. The van der Waals surface area contributed by atoms with Crippen molar-refractivity contribution in [2.24, 2.45) is 0 Å². The number of carbonyl (C=O) groups excluding carboxylic acids is 1. The molecule has 3 heterocycles. The first kappa shape index (κ1) is 14.3. The number of hydrogen-bond acceptors (Lipinski definition) is 5. The monoisotopic (exact) mass is 328 g/mol. The molecule has 0 saturated carbocycles. The fourth-order valence-electron chi connectivity index (χ4n) is 2.88. The Labute approximate surface area is 137 Å². The molecule has 23 heavy (non-hydrogen) atoms. The quantitative estimate of drug-likeness (QED) is 0.745. The van der Waals surface area contributed by atoms with Crippen LogP contribution in [0.2, 0.25) is 0 Å². The Kier molecular flexibility index (Phi) is 3.78. The van der Waals surface area contributed by atoms with E-state index in [4.69, 9.17) is 4.42 Å². The number of aromatic amines is 1. The number of H-pyrrole nitrogens is 1. The zero-order valence-electron chi connectivity index (χ0n) is 12.5. The predicted molar refractivity (Wildman–Crippen MR) is 87.3 cm³/mol. The number of carbonyl (C=O) groups is 1. The Balaban J connectivity index is 1.70. The number of para-hydroxylation sites is 1. The maximum absolute atomic E-state index is 12.8. The summed E-state index contributed by atoms with van der Waals surface area (Å²) in [6.45, 7) is 1.62.